The Balaban J connectivity index is 2.17. The van der Waals surface area contributed by atoms with Gasteiger partial charge in [0.05, 0.1) is 0 Å². The Hall–Kier alpha value is -2.63. The van der Waals surface area contributed by atoms with Crippen molar-refractivity contribution in [1.29, 1.82) is 0 Å². The molecular formula is C12H10N2O4. The molecule has 2 N–H and O–H groups in total. The zero-order chi connectivity index (χ0) is 13.1. The molecule has 1 aromatic heterocycles. The fourth-order valence-electron chi connectivity index (χ4n) is 1.38. The molecule has 0 radical (unpaired) electrons. The average Bonchev–Trinajstić information content (AvgIpc) is 2.81. The minimum absolute atomic E-state index is 0.0735. The number of hydrogen-bond donors (Lipinski definition) is 2. The molecule has 2 aromatic rings. The average molecular weight is 246 g/mol. The van der Waals surface area contributed by atoms with Gasteiger partial charge in [-0.25, -0.2) is 4.79 Å². The third-order valence-corrected chi connectivity index (χ3v) is 2.35. The van der Waals surface area contributed by atoms with Crippen LogP contribution >= 0.6 is 0 Å². The minimum atomic E-state index is -1.27. The van der Waals surface area contributed by atoms with Crippen molar-refractivity contribution >= 4 is 17.6 Å². The van der Waals surface area contributed by atoms with Crippen LogP contribution < -0.4 is 5.32 Å². The highest BCUT2D eigenvalue weighted by Gasteiger charge is 2.16. The van der Waals surface area contributed by atoms with Crippen molar-refractivity contribution < 1.29 is 19.2 Å². The fourth-order valence-corrected chi connectivity index (χ4v) is 1.38. The Morgan fingerprint density at radius 2 is 2.06 bits per heavy atom. The molecule has 92 valence electrons. The molecule has 0 aliphatic carbocycles. The number of aromatic carboxylic acids is 1. The molecule has 1 amide bonds. The number of aromatic nitrogens is 1. The number of nitrogens with zero attached hydrogens (tertiary/aromatic N) is 1. The maximum absolute atomic E-state index is 11.8. The van der Waals surface area contributed by atoms with E-state index < -0.39 is 11.9 Å². The molecule has 0 atom stereocenters. The van der Waals surface area contributed by atoms with E-state index in [1.54, 1.807) is 12.1 Å². The van der Waals surface area contributed by atoms with Crippen LogP contribution in [-0.2, 0) is 0 Å². The molecular weight excluding hydrogens is 236 g/mol. The molecule has 6 heteroatoms. The third kappa shape index (κ3) is 2.37. The van der Waals surface area contributed by atoms with Crippen molar-refractivity contribution in [1.82, 2.24) is 5.16 Å². The van der Waals surface area contributed by atoms with Gasteiger partial charge in [-0.1, -0.05) is 23.4 Å². The molecule has 0 unspecified atom stereocenters. The SMILES string of the molecule is Cc1ccccc1NC(=O)c1cc(C(=O)O)on1. The first-order valence-corrected chi connectivity index (χ1v) is 5.15. The number of anilines is 1. The van der Waals surface area contributed by atoms with Crippen molar-refractivity contribution in [3.8, 4) is 0 Å². The van der Waals surface area contributed by atoms with Crippen LogP contribution in [0.1, 0.15) is 26.6 Å². The first kappa shape index (κ1) is 11.8. The van der Waals surface area contributed by atoms with Crippen LogP contribution in [0, 0.1) is 6.92 Å². The maximum atomic E-state index is 11.8. The van der Waals surface area contributed by atoms with Crippen molar-refractivity contribution in [3.05, 3.63) is 47.3 Å². The molecule has 0 saturated carbocycles. The predicted molar refractivity (Wildman–Crippen MR) is 62.6 cm³/mol. The molecule has 0 aliphatic heterocycles. The number of benzene rings is 1. The maximum Gasteiger partial charge on any atom is 0.374 e. The van der Waals surface area contributed by atoms with Gasteiger partial charge in [0.25, 0.3) is 5.91 Å². The molecule has 0 aliphatic rings. The van der Waals surface area contributed by atoms with E-state index in [9.17, 15) is 9.59 Å². The quantitative estimate of drug-likeness (QED) is 0.863. The van der Waals surface area contributed by atoms with Gasteiger partial charge in [0, 0.05) is 11.8 Å². The van der Waals surface area contributed by atoms with E-state index in [1.165, 1.54) is 0 Å². The summed E-state index contributed by atoms with van der Waals surface area (Å²) in [5.74, 6) is -2.15. The highest BCUT2D eigenvalue weighted by atomic mass is 16.5. The van der Waals surface area contributed by atoms with Crippen LogP contribution in [0.3, 0.4) is 0 Å². The van der Waals surface area contributed by atoms with E-state index in [1.807, 2.05) is 19.1 Å². The summed E-state index contributed by atoms with van der Waals surface area (Å²) in [6.07, 6.45) is 0. The molecule has 0 bridgehead atoms. The molecule has 0 saturated heterocycles. The van der Waals surface area contributed by atoms with Crippen molar-refractivity contribution in [2.24, 2.45) is 0 Å². The molecule has 1 heterocycles. The summed E-state index contributed by atoms with van der Waals surface area (Å²) in [7, 11) is 0. The number of aryl methyl sites for hydroxylation is 1. The number of nitrogens with one attached hydrogen (secondary N) is 1. The Morgan fingerprint density at radius 1 is 1.33 bits per heavy atom. The van der Waals surface area contributed by atoms with Gasteiger partial charge in [-0.2, -0.15) is 0 Å². The van der Waals surface area contributed by atoms with E-state index >= 15 is 0 Å². The largest absolute Gasteiger partial charge is 0.475 e. The second-order valence-electron chi connectivity index (χ2n) is 3.65. The summed E-state index contributed by atoms with van der Waals surface area (Å²) < 4.78 is 4.50. The van der Waals surface area contributed by atoms with Crippen molar-refractivity contribution in [2.75, 3.05) is 5.32 Å². The van der Waals surface area contributed by atoms with Crippen LogP contribution in [-0.4, -0.2) is 22.1 Å². The van der Waals surface area contributed by atoms with Gasteiger partial charge in [-0.05, 0) is 18.6 Å². The number of amides is 1. The van der Waals surface area contributed by atoms with Gasteiger partial charge in [-0.15, -0.1) is 0 Å². The molecule has 0 fully saturated rings. The molecule has 1 aromatic carbocycles. The molecule has 0 spiro atoms. The van der Waals surface area contributed by atoms with Gasteiger partial charge >= 0.3 is 5.97 Å². The number of carboxylic acid groups (broad SMARTS) is 1. The standard InChI is InChI=1S/C12H10N2O4/c1-7-4-2-3-5-8(7)13-11(15)9-6-10(12(16)17)18-14-9/h2-6H,1H3,(H,13,15)(H,16,17). The van der Waals surface area contributed by atoms with Gasteiger partial charge in [0.1, 0.15) is 0 Å². The monoisotopic (exact) mass is 246 g/mol. The smallest absolute Gasteiger partial charge is 0.374 e. The Bertz CT molecular complexity index is 604. The van der Waals surface area contributed by atoms with Crippen LogP contribution in [0.15, 0.2) is 34.9 Å². The molecule has 6 nitrogen and oxygen atoms in total. The number of para-hydroxylation sites is 1. The second-order valence-corrected chi connectivity index (χ2v) is 3.65. The number of rotatable bonds is 3. The number of carbonyl (C=O) groups excluding carboxylic acids is 1. The van der Waals surface area contributed by atoms with Gasteiger partial charge in [0.2, 0.25) is 5.76 Å². The third-order valence-electron chi connectivity index (χ3n) is 2.35. The van der Waals surface area contributed by atoms with Crippen molar-refractivity contribution in [3.63, 3.8) is 0 Å². The Kier molecular flexibility index (Phi) is 3.09. The lowest BCUT2D eigenvalue weighted by molar-refractivity contribution is 0.0651. The minimum Gasteiger partial charge on any atom is -0.475 e. The van der Waals surface area contributed by atoms with E-state index in [4.69, 9.17) is 5.11 Å². The number of carboxylic acids is 1. The van der Waals surface area contributed by atoms with Crippen LogP contribution in [0.2, 0.25) is 0 Å². The summed E-state index contributed by atoms with van der Waals surface area (Å²) in [5.41, 5.74) is 1.46. The topological polar surface area (TPSA) is 92.4 Å². The summed E-state index contributed by atoms with van der Waals surface area (Å²) in [6, 6.07) is 8.31. The van der Waals surface area contributed by atoms with E-state index in [-0.39, 0.29) is 11.5 Å². The fraction of sp³-hybridized carbons (Fsp3) is 0.0833. The predicted octanol–water partition coefficient (Wildman–Crippen LogP) is 1.93. The highest BCUT2D eigenvalue weighted by Crippen LogP contribution is 2.14. The zero-order valence-electron chi connectivity index (χ0n) is 9.51. The number of hydrogen-bond acceptors (Lipinski definition) is 4. The normalized spacial score (nSPS) is 10.1. The van der Waals surface area contributed by atoms with E-state index in [0.717, 1.165) is 11.6 Å². The highest BCUT2D eigenvalue weighted by molar-refractivity contribution is 6.04. The first-order valence-electron chi connectivity index (χ1n) is 5.15. The number of carbonyl (C=O) groups is 2. The Morgan fingerprint density at radius 3 is 2.67 bits per heavy atom. The van der Waals surface area contributed by atoms with Gasteiger partial charge in [0.15, 0.2) is 5.69 Å². The lowest BCUT2D eigenvalue weighted by Gasteiger charge is -2.05. The lowest BCUT2D eigenvalue weighted by atomic mass is 10.2. The van der Waals surface area contributed by atoms with Crippen LogP contribution in [0.5, 0.6) is 0 Å². The van der Waals surface area contributed by atoms with Crippen molar-refractivity contribution in [2.45, 2.75) is 6.92 Å². The van der Waals surface area contributed by atoms with E-state index in [2.05, 4.69) is 15.0 Å². The summed E-state index contributed by atoms with van der Waals surface area (Å²) in [5, 5.41) is 14.7. The summed E-state index contributed by atoms with van der Waals surface area (Å²) >= 11 is 0. The van der Waals surface area contributed by atoms with Gasteiger partial charge < -0.3 is 14.9 Å². The van der Waals surface area contributed by atoms with Gasteiger partial charge in [-0.3, -0.25) is 4.79 Å². The first-order chi connectivity index (χ1) is 8.58. The lowest BCUT2D eigenvalue weighted by Crippen LogP contribution is -2.13. The summed E-state index contributed by atoms with van der Waals surface area (Å²) in [6.45, 7) is 1.85. The van der Waals surface area contributed by atoms with Crippen LogP contribution in [0.25, 0.3) is 0 Å². The summed E-state index contributed by atoms with van der Waals surface area (Å²) in [4.78, 5) is 22.4. The molecule has 18 heavy (non-hydrogen) atoms. The Labute approximate surface area is 102 Å². The van der Waals surface area contributed by atoms with Crippen LogP contribution in [0.4, 0.5) is 5.69 Å². The van der Waals surface area contributed by atoms with E-state index in [0.29, 0.717) is 5.69 Å². The molecule has 2 rings (SSSR count). The zero-order valence-corrected chi connectivity index (χ0v) is 9.51. The second kappa shape index (κ2) is 4.70.